The predicted octanol–water partition coefficient (Wildman–Crippen LogP) is 3.45. The molecule has 0 radical (unpaired) electrons. The van der Waals surface area contributed by atoms with Gasteiger partial charge in [-0.05, 0) is 30.7 Å². The second-order valence-electron chi connectivity index (χ2n) is 4.34. The van der Waals surface area contributed by atoms with Crippen LogP contribution in [0.4, 0.5) is 5.69 Å². The zero-order valence-electron chi connectivity index (χ0n) is 10.6. The smallest absolute Gasteiger partial charge is 0.105 e. The van der Waals surface area contributed by atoms with Crippen LogP contribution in [0.5, 0.6) is 0 Å². The molecule has 0 atom stereocenters. The summed E-state index contributed by atoms with van der Waals surface area (Å²) in [5.74, 6) is 0.972. The molecular formula is C14H17BrN2O. The molecule has 3 nitrogen and oxygen atoms in total. The van der Waals surface area contributed by atoms with E-state index in [1.165, 1.54) is 5.56 Å². The molecule has 1 aromatic heterocycles. The summed E-state index contributed by atoms with van der Waals surface area (Å²) in [6.07, 6.45) is 1.73. The van der Waals surface area contributed by atoms with Crippen LogP contribution in [-0.2, 0) is 13.1 Å². The van der Waals surface area contributed by atoms with Crippen LogP contribution in [0.2, 0.25) is 0 Å². The van der Waals surface area contributed by atoms with Crippen molar-refractivity contribution in [3.05, 3.63) is 51.9 Å². The van der Waals surface area contributed by atoms with E-state index in [1.807, 2.05) is 13.0 Å². The maximum absolute atomic E-state index is 5.65. The van der Waals surface area contributed by atoms with E-state index < -0.39 is 0 Å². The molecule has 0 aliphatic carbocycles. The number of aryl methyl sites for hydroxylation is 1. The van der Waals surface area contributed by atoms with E-state index in [0.717, 1.165) is 28.0 Å². The first-order valence-electron chi connectivity index (χ1n) is 5.84. The SMILES string of the molecule is Cc1occc1CN(C)c1ccc(CN)c(Br)c1. The van der Waals surface area contributed by atoms with Crippen molar-refractivity contribution < 1.29 is 4.42 Å². The highest BCUT2D eigenvalue weighted by Gasteiger charge is 2.08. The molecule has 0 aliphatic heterocycles. The largest absolute Gasteiger partial charge is 0.469 e. The van der Waals surface area contributed by atoms with Gasteiger partial charge in [0.2, 0.25) is 0 Å². The fourth-order valence-electron chi connectivity index (χ4n) is 1.86. The Hall–Kier alpha value is -1.26. The molecule has 0 unspecified atom stereocenters. The minimum Gasteiger partial charge on any atom is -0.469 e. The van der Waals surface area contributed by atoms with Crippen LogP contribution in [0, 0.1) is 6.92 Å². The predicted molar refractivity (Wildman–Crippen MR) is 77.6 cm³/mol. The Morgan fingerprint density at radius 2 is 2.06 bits per heavy atom. The van der Waals surface area contributed by atoms with Gasteiger partial charge in [-0.15, -0.1) is 0 Å². The van der Waals surface area contributed by atoms with Gasteiger partial charge in [-0.25, -0.2) is 0 Å². The average molecular weight is 309 g/mol. The van der Waals surface area contributed by atoms with Crippen LogP contribution < -0.4 is 10.6 Å². The molecular weight excluding hydrogens is 292 g/mol. The number of hydrogen-bond donors (Lipinski definition) is 1. The molecule has 0 aliphatic rings. The van der Waals surface area contributed by atoms with Gasteiger partial charge >= 0.3 is 0 Å². The highest BCUT2D eigenvalue weighted by Crippen LogP contribution is 2.24. The Bertz CT molecular complexity index is 536. The summed E-state index contributed by atoms with van der Waals surface area (Å²) in [4.78, 5) is 2.18. The number of hydrogen-bond acceptors (Lipinski definition) is 3. The Labute approximate surface area is 116 Å². The van der Waals surface area contributed by atoms with Crippen LogP contribution in [0.25, 0.3) is 0 Å². The van der Waals surface area contributed by atoms with Crippen molar-refractivity contribution in [3.8, 4) is 0 Å². The lowest BCUT2D eigenvalue weighted by Crippen LogP contribution is -2.16. The monoisotopic (exact) mass is 308 g/mol. The minimum absolute atomic E-state index is 0.547. The van der Waals surface area contributed by atoms with Crippen molar-refractivity contribution in [3.63, 3.8) is 0 Å². The van der Waals surface area contributed by atoms with Crippen LogP contribution >= 0.6 is 15.9 Å². The van der Waals surface area contributed by atoms with Gasteiger partial charge in [-0.2, -0.15) is 0 Å². The van der Waals surface area contributed by atoms with Gasteiger partial charge in [0.1, 0.15) is 5.76 Å². The van der Waals surface area contributed by atoms with E-state index in [-0.39, 0.29) is 0 Å². The average Bonchev–Trinajstić information content (AvgIpc) is 2.75. The highest BCUT2D eigenvalue weighted by atomic mass is 79.9. The molecule has 18 heavy (non-hydrogen) atoms. The Balaban J connectivity index is 2.16. The maximum atomic E-state index is 5.65. The van der Waals surface area contributed by atoms with Crippen LogP contribution in [-0.4, -0.2) is 7.05 Å². The summed E-state index contributed by atoms with van der Waals surface area (Å²) in [5, 5.41) is 0. The third kappa shape index (κ3) is 2.76. The van der Waals surface area contributed by atoms with E-state index in [1.54, 1.807) is 6.26 Å². The zero-order chi connectivity index (χ0) is 13.1. The standard InChI is InChI=1S/C14H17BrN2O/c1-10-12(5-6-18-10)9-17(2)13-4-3-11(8-16)14(15)7-13/h3-7H,8-9,16H2,1-2H3. The minimum atomic E-state index is 0.547. The summed E-state index contributed by atoms with van der Waals surface area (Å²) in [6, 6.07) is 8.24. The highest BCUT2D eigenvalue weighted by molar-refractivity contribution is 9.10. The molecule has 0 saturated carbocycles. The van der Waals surface area contributed by atoms with Gasteiger partial charge in [-0.1, -0.05) is 22.0 Å². The fourth-order valence-corrected chi connectivity index (χ4v) is 2.39. The van der Waals surface area contributed by atoms with Gasteiger partial charge in [0.05, 0.1) is 6.26 Å². The molecule has 0 saturated heterocycles. The zero-order valence-corrected chi connectivity index (χ0v) is 12.2. The second kappa shape index (κ2) is 5.59. The number of benzene rings is 1. The number of halogens is 1. The maximum Gasteiger partial charge on any atom is 0.105 e. The van der Waals surface area contributed by atoms with Gasteiger partial charge in [0.15, 0.2) is 0 Å². The topological polar surface area (TPSA) is 42.4 Å². The first kappa shape index (κ1) is 13.2. The summed E-state index contributed by atoms with van der Waals surface area (Å²) < 4.78 is 6.36. The molecule has 2 rings (SSSR count). The van der Waals surface area contributed by atoms with E-state index in [0.29, 0.717) is 6.54 Å². The molecule has 0 fully saturated rings. The first-order chi connectivity index (χ1) is 8.61. The number of furan rings is 1. The lowest BCUT2D eigenvalue weighted by molar-refractivity contribution is 0.529. The van der Waals surface area contributed by atoms with E-state index in [2.05, 4.69) is 46.1 Å². The molecule has 0 spiro atoms. The van der Waals surface area contributed by atoms with Gasteiger partial charge in [0.25, 0.3) is 0 Å². The van der Waals surface area contributed by atoms with Crippen molar-refractivity contribution >= 4 is 21.6 Å². The third-order valence-electron chi connectivity index (χ3n) is 3.07. The molecule has 1 heterocycles. The van der Waals surface area contributed by atoms with Crippen LogP contribution in [0.15, 0.2) is 39.4 Å². The lowest BCUT2D eigenvalue weighted by atomic mass is 10.2. The van der Waals surface area contributed by atoms with Crippen LogP contribution in [0.3, 0.4) is 0 Å². The van der Waals surface area contributed by atoms with Crippen molar-refractivity contribution in [1.82, 2.24) is 0 Å². The van der Waals surface area contributed by atoms with E-state index in [9.17, 15) is 0 Å². The second-order valence-corrected chi connectivity index (χ2v) is 5.19. The van der Waals surface area contributed by atoms with Crippen LogP contribution in [0.1, 0.15) is 16.9 Å². The summed E-state index contributed by atoms with van der Waals surface area (Å²) in [5.41, 5.74) is 9.13. The van der Waals surface area contributed by atoms with Crippen molar-refractivity contribution in [2.75, 3.05) is 11.9 Å². The van der Waals surface area contributed by atoms with Crippen molar-refractivity contribution in [2.24, 2.45) is 5.73 Å². The summed E-state index contributed by atoms with van der Waals surface area (Å²) >= 11 is 3.54. The van der Waals surface area contributed by atoms with Gasteiger partial charge in [0, 0.05) is 35.9 Å². The van der Waals surface area contributed by atoms with E-state index >= 15 is 0 Å². The van der Waals surface area contributed by atoms with Crippen molar-refractivity contribution in [2.45, 2.75) is 20.0 Å². The first-order valence-corrected chi connectivity index (χ1v) is 6.63. The molecule has 0 amide bonds. The Morgan fingerprint density at radius 3 is 2.61 bits per heavy atom. The Morgan fingerprint density at radius 1 is 1.28 bits per heavy atom. The van der Waals surface area contributed by atoms with Crippen molar-refractivity contribution in [1.29, 1.82) is 0 Å². The number of nitrogens with zero attached hydrogens (tertiary/aromatic N) is 1. The summed E-state index contributed by atoms with van der Waals surface area (Å²) in [7, 11) is 2.07. The lowest BCUT2D eigenvalue weighted by Gasteiger charge is -2.20. The molecule has 2 aromatic rings. The quantitative estimate of drug-likeness (QED) is 0.940. The molecule has 96 valence electrons. The van der Waals surface area contributed by atoms with E-state index in [4.69, 9.17) is 10.2 Å². The number of anilines is 1. The molecule has 1 aromatic carbocycles. The number of rotatable bonds is 4. The van der Waals surface area contributed by atoms with Gasteiger partial charge < -0.3 is 15.1 Å². The fraction of sp³-hybridized carbons (Fsp3) is 0.286. The number of nitrogens with two attached hydrogens (primary N) is 1. The molecule has 4 heteroatoms. The normalized spacial score (nSPS) is 10.7. The third-order valence-corrected chi connectivity index (χ3v) is 3.81. The molecule has 0 bridgehead atoms. The van der Waals surface area contributed by atoms with Gasteiger partial charge in [-0.3, -0.25) is 0 Å². The Kier molecular flexibility index (Phi) is 4.09. The molecule has 2 N–H and O–H groups in total. The summed E-state index contributed by atoms with van der Waals surface area (Å²) in [6.45, 7) is 3.36.